The third-order valence-corrected chi connectivity index (χ3v) is 12.1. The zero-order chi connectivity index (χ0) is 39.3. The maximum Gasteiger partial charge on any atom is 0.241 e. The third-order valence-electron chi connectivity index (χ3n) is 12.1. The summed E-state index contributed by atoms with van der Waals surface area (Å²) >= 11 is 0. The standard InChI is InChI=1S/C46H42N2O8/c1-46-36(21-13-28-14-22-38(49)40(24-28)56-4)33-19-20-34-41(35(33)26-37(46)43(51)48(45(46)53)30-8-6-5-7-9-30)44(52)47(42(34)50)31-16-11-27(12-17-31)10-15-29-25-32(54-2)18-23-39(29)55-3/h5-19,21-25,34-37,41,49H,20,26H2,1-4H3/t34-,35+,36-,37-,41-,46-/m0/s1. The van der Waals surface area contributed by atoms with E-state index in [0.717, 1.165) is 22.3 Å². The average molecular weight is 751 g/mol. The molecule has 4 aliphatic rings. The Morgan fingerprint density at radius 2 is 1.41 bits per heavy atom. The number of hydrogen-bond acceptors (Lipinski definition) is 8. The van der Waals surface area contributed by atoms with Crippen molar-refractivity contribution in [2.45, 2.75) is 19.8 Å². The van der Waals surface area contributed by atoms with Gasteiger partial charge < -0.3 is 19.3 Å². The quantitative estimate of drug-likeness (QED) is 0.106. The van der Waals surface area contributed by atoms with Gasteiger partial charge in [-0.2, -0.15) is 0 Å². The van der Waals surface area contributed by atoms with E-state index in [-0.39, 0.29) is 35.8 Å². The van der Waals surface area contributed by atoms with E-state index in [1.54, 1.807) is 62.8 Å². The molecule has 56 heavy (non-hydrogen) atoms. The monoisotopic (exact) mass is 750 g/mol. The van der Waals surface area contributed by atoms with Crippen LogP contribution < -0.4 is 24.0 Å². The molecule has 2 saturated heterocycles. The van der Waals surface area contributed by atoms with Gasteiger partial charge in [-0.25, -0.2) is 4.90 Å². The Hall–Kier alpha value is -6.42. The van der Waals surface area contributed by atoms with Crippen LogP contribution in [0.25, 0.3) is 18.2 Å². The van der Waals surface area contributed by atoms with Gasteiger partial charge in [-0.15, -0.1) is 0 Å². The summed E-state index contributed by atoms with van der Waals surface area (Å²) < 4.78 is 16.2. The summed E-state index contributed by atoms with van der Waals surface area (Å²) in [4.78, 5) is 60.2. The number of amides is 4. The van der Waals surface area contributed by atoms with E-state index in [2.05, 4.69) is 0 Å². The Labute approximate surface area is 325 Å². The normalized spacial score (nSPS) is 25.7. The molecule has 2 aliphatic heterocycles. The van der Waals surface area contributed by atoms with Crippen LogP contribution in [0, 0.1) is 35.0 Å². The molecule has 4 aromatic rings. The average Bonchev–Trinajstić information content (AvgIpc) is 3.59. The lowest BCUT2D eigenvalue weighted by molar-refractivity contribution is -0.132. The van der Waals surface area contributed by atoms with Crippen molar-refractivity contribution in [2.75, 3.05) is 31.1 Å². The van der Waals surface area contributed by atoms with Crippen molar-refractivity contribution in [1.82, 2.24) is 0 Å². The number of aromatic hydroxyl groups is 1. The van der Waals surface area contributed by atoms with Crippen molar-refractivity contribution < 1.29 is 38.5 Å². The van der Waals surface area contributed by atoms with Crippen LogP contribution in [-0.4, -0.2) is 50.1 Å². The van der Waals surface area contributed by atoms with Crippen LogP contribution in [0.5, 0.6) is 23.0 Å². The number of para-hydroxylation sites is 1. The number of allylic oxidation sites excluding steroid dienone is 3. The van der Waals surface area contributed by atoms with Crippen LogP contribution in [0.4, 0.5) is 11.4 Å². The van der Waals surface area contributed by atoms with Crippen LogP contribution in [0.3, 0.4) is 0 Å². The van der Waals surface area contributed by atoms with Crippen molar-refractivity contribution in [3.63, 3.8) is 0 Å². The number of carbonyl (C=O) groups excluding carboxylic acids is 4. The highest BCUT2D eigenvalue weighted by Crippen LogP contribution is 2.61. The summed E-state index contributed by atoms with van der Waals surface area (Å²) in [6.45, 7) is 1.85. The Balaban J connectivity index is 1.12. The molecule has 284 valence electrons. The van der Waals surface area contributed by atoms with E-state index >= 15 is 0 Å². The van der Waals surface area contributed by atoms with Crippen LogP contribution in [0.2, 0.25) is 0 Å². The zero-order valence-corrected chi connectivity index (χ0v) is 31.5. The molecular formula is C46H42N2O8. The summed E-state index contributed by atoms with van der Waals surface area (Å²) in [6, 6.07) is 26.7. The Bertz CT molecular complexity index is 2330. The number of imide groups is 2. The Morgan fingerprint density at radius 3 is 2.12 bits per heavy atom. The van der Waals surface area contributed by atoms with Crippen molar-refractivity contribution in [3.05, 3.63) is 125 Å². The largest absolute Gasteiger partial charge is 0.504 e. The predicted octanol–water partition coefficient (Wildman–Crippen LogP) is 7.57. The predicted molar refractivity (Wildman–Crippen MR) is 213 cm³/mol. The summed E-state index contributed by atoms with van der Waals surface area (Å²) in [5, 5.41) is 10.2. The highest BCUT2D eigenvalue weighted by atomic mass is 16.5. The van der Waals surface area contributed by atoms with Gasteiger partial charge in [0.05, 0.1) is 55.9 Å². The lowest BCUT2D eigenvalue weighted by Crippen LogP contribution is -2.49. The number of carbonyl (C=O) groups is 4. The van der Waals surface area contributed by atoms with Gasteiger partial charge in [0.1, 0.15) is 11.5 Å². The van der Waals surface area contributed by atoms with Gasteiger partial charge in [0, 0.05) is 11.5 Å². The highest BCUT2D eigenvalue weighted by Gasteiger charge is 2.67. The number of hydrogen-bond donors (Lipinski definition) is 1. The Kier molecular flexibility index (Phi) is 9.36. The van der Waals surface area contributed by atoms with E-state index in [9.17, 15) is 24.3 Å². The van der Waals surface area contributed by atoms with Gasteiger partial charge in [-0.05, 0) is 91.4 Å². The lowest BCUT2D eigenvalue weighted by atomic mass is 9.52. The molecule has 4 aromatic carbocycles. The van der Waals surface area contributed by atoms with E-state index in [1.165, 1.54) is 23.0 Å². The van der Waals surface area contributed by atoms with Crippen LogP contribution in [-0.2, 0) is 19.2 Å². The minimum Gasteiger partial charge on any atom is -0.504 e. The molecule has 3 fully saturated rings. The van der Waals surface area contributed by atoms with Crippen molar-refractivity contribution in [2.24, 2.45) is 35.0 Å². The first kappa shape index (κ1) is 36.6. The molecule has 1 N–H and O–H groups in total. The van der Waals surface area contributed by atoms with E-state index in [0.29, 0.717) is 35.0 Å². The number of fused-ring (bicyclic) bond motifs is 4. The van der Waals surface area contributed by atoms with Crippen LogP contribution in [0.1, 0.15) is 36.5 Å². The molecule has 2 heterocycles. The fraction of sp³-hybridized carbons (Fsp3) is 0.261. The first-order valence-electron chi connectivity index (χ1n) is 18.7. The van der Waals surface area contributed by atoms with Gasteiger partial charge in [0.15, 0.2) is 11.5 Å². The van der Waals surface area contributed by atoms with Crippen molar-refractivity contribution in [1.29, 1.82) is 0 Å². The van der Waals surface area contributed by atoms with Gasteiger partial charge in [0.2, 0.25) is 23.6 Å². The molecule has 0 aromatic heterocycles. The number of nitrogens with zero attached hydrogens (tertiary/aromatic N) is 2. The van der Waals surface area contributed by atoms with Crippen molar-refractivity contribution >= 4 is 53.2 Å². The molecule has 6 atom stereocenters. The molecule has 4 amide bonds. The van der Waals surface area contributed by atoms with Gasteiger partial charge in [-0.3, -0.25) is 24.1 Å². The first-order chi connectivity index (χ1) is 27.1. The topological polar surface area (TPSA) is 123 Å². The van der Waals surface area contributed by atoms with E-state index < -0.39 is 35.0 Å². The highest BCUT2D eigenvalue weighted by molar-refractivity contribution is 6.25. The van der Waals surface area contributed by atoms with Crippen LogP contribution in [0.15, 0.2) is 109 Å². The molecular weight excluding hydrogens is 709 g/mol. The summed E-state index contributed by atoms with van der Waals surface area (Å²) in [5.41, 5.74) is 3.14. The van der Waals surface area contributed by atoms with Gasteiger partial charge in [-0.1, -0.05) is 72.4 Å². The van der Waals surface area contributed by atoms with E-state index in [4.69, 9.17) is 14.2 Å². The Morgan fingerprint density at radius 1 is 0.696 bits per heavy atom. The SMILES string of the molecule is COc1ccc(OC)c(C=Cc2ccc(N3C(=O)[C@H]4[C@H](CC=C5[C@H]4C[C@H]4C(=O)N(c6ccccc6)C(=O)[C@@]4(C)[C@H]5C=Cc4ccc(O)c(OC)c4)C3=O)cc2)c1. The minimum atomic E-state index is -1.15. The zero-order valence-electron chi connectivity index (χ0n) is 31.5. The molecule has 0 spiro atoms. The molecule has 0 radical (unpaired) electrons. The minimum absolute atomic E-state index is 0.000486. The van der Waals surface area contributed by atoms with Gasteiger partial charge >= 0.3 is 0 Å². The first-order valence-corrected chi connectivity index (χ1v) is 18.7. The molecule has 1 saturated carbocycles. The molecule has 10 heteroatoms. The van der Waals surface area contributed by atoms with Crippen molar-refractivity contribution in [3.8, 4) is 23.0 Å². The molecule has 0 bridgehead atoms. The lowest BCUT2D eigenvalue weighted by Gasteiger charge is -2.47. The number of benzene rings is 4. The molecule has 10 nitrogen and oxygen atoms in total. The van der Waals surface area contributed by atoms with E-state index in [1.807, 2.05) is 73.7 Å². The smallest absolute Gasteiger partial charge is 0.241 e. The fourth-order valence-corrected chi connectivity index (χ4v) is 9.19. The second-order valence-corrected chi connectivity index (χ2v) is 14.9. The number of rotatable bonds is 9. The number of anilines is 2. The maximum atomic E-state index is 14.6. The summed E-state index contributed by atoms with van der Waals surface area (Å²) in [5.74, 6) is -2.48. The molecule has 2 aliphatic carbocycles. The fourth-order valence-electron chi connectivity index (χ4n) is 9.19. The molecule has 0 unspecified atom stereocenters. The number of phenols is 1. The van der Waals surface area contributed by atoms with Gasteiger partial charge in [0.25, 0.3) is 0 Å². The number of ether oxygens (including phenoxy) is 3. The number of phenolic OH excluding ortho intramolecular Hbond substituents is 1. The summed E-state index contributed by atoms with van der Waals surface area (Å²) in [7, 11) is 4.69. The maximum absolute atomic E-state index is 14.6. The third kappa shape index (κ3) is 5.87. The summed E-state index contributed by atoms with van der Waals surface area (Å²) in [6.07, 6.45) is 10.3. The second kappa shape index (κ2) is 14.3. The second-order valence-electron chi connectivity index (χ2n) is 14.9. The number of methoxy groups -OCH3 is 3. The molecule has 8 rings (SSSR count). The van der Waals surface area contributed by atoms with Crippen LogP contribution >= 0.6 is 0 Å².